The van der Waals surface area contributed by atoms with Crippen LogP contribution in [0.1, 0.15) is 31.9 Å². The van der Waals surface area contributed by atoms with Crippen LogP contribution >= 0.6 is 0 Å². The Morgan fingerprint density at radius 1 is 1.00 bits per heavy atom. The molecule has 1 heterocycles. The highest BCUT2D eigenvalue weighted by atomic mass is 19.1. The Morgan fingerprint density at radius 3 is 2.16 bits per heavy atom. The van der Waals surface area contributed by atoms with Gasteiger partial charge in [-0.15, -0.1) is 0 Å². The zero-order valence-corrected chi connectivity index (χ0v) is 19.1. The summed E-state index contributed by atoms with van der Waals surface area (Å²) in [5, 5.41) is 3.15. The largest absolute Gasteiger partial charge is 0.378 e. The van der Waals surface area contributed by atoms with Crippen LogP contribution in [-0.4, -0.2) is 57.6 Å². The van der Waals surface area contributed by atoms with Crippen molar-refractivity contribution in [2.45, 2.75) is 26.3 Å². The molecular formula is C25H35FN4O. The highest BCUT2D eigenvalue weighted by Crippen LogP contribution is 2.26. The summed E-state index contributed by atoms with van der Waals surface area (Å²) in [6, 6.07) is 15.4. The smallest absolute Gasteiger partial charge is 0.220 e. The Bertz CT molecular complexity index is 828. The zero-order chi connectivity index (χ0) is 22.4. The first-order valence-electron chi connectivity index (χ1n) is 11.1. The first-order valence-corrected chi connectivity index (χ1v) is 11.1. The quantitative estimate of drug-likeness (QED) is 0.695. The maximum atomic E-state index is 13.3. The first-order chi connectivity index (χ1) is 14.8. The molecule has 0 radical (unpaired) electrons. The van der Waals surface area contributed by atoms with E-state index in [0.29, 0.717) is 18.9 Å². The fraction of sp³-hybridized carbons (Fsp3) is 0.480. The number of amides is 1. The third-order valence-corrected chi connectivity index (χ3v) is 5.83. The molecule has 2 aromatic rings. The maximum Gasteiger partial charge on any atom is 0.220 e. The topological polar surface area (TPSA) is 38.8 Å². The molecule has 168 valence electrons. The fourth-order valence-corrected chi connectivity index (χ4v) is 4.05. The molecule has 1 atom stereocenters. The molecule has 2 aromatic carbocycles. The van der Waals surface area contributed by atoms with Crippen molar-refractivity contribution < 1.29 is 9.18 Å². The molecule has 0 bridgehead atoms. The van der Waals surface area contributed by atoms with Crippen molar-refractivity contribution in [1.29, 1.82) is 0 Å². The zero-order valence-electron chi connectivity index (χ0n) is 19.1. The van der Waals surface area contributed by atoms with E-state index in [2.05, 4.69) is 58.1 Å². The molecule has 1 N–H and O–H groups in total. The number of nitrogens with zero attached hydrogens (tertiary/aromatic N) is 3. The lowest BCUT2D eigenvalue weighted by Crippen LogP contribution is -2.50. The van der Waals surface area contributed by atoms with Gasteiger partial charge in [-0.25, -0.2) is 4.39 Å². The summed E-state index contributed by atoms with van der Waals surface area (Å²) in [6.07, 6.45) is 0.546. The Labute approximate surface area is 185 Å². The fourth-order valence-electron chi connectivity index (χ4n) is 4.05. The van der Waals surface area contributed by atoms with E-state index in [-0.39, 0.29) is 17.8 Å². The predicted octanol–water partition coefficient (Wildman–Crippen LogP) is 3.92. The van der Waals surface area contributed by atoms with Crippen LogP contribution in [0.4, 0.5) is 15.8 Å². The summed E-state index contributed by atoms with van der Waals surface area (Å²) in [4.78, 5) is 19.1. The van der Waals surface area contributed by atoms with Gasteiger partial charge in [-0.1, -0.05) is 26.0 Å². The molecule has 1 fully saturated rings. The normalized spacial score (nSPS) is 15.7. The number of halogens is 1. The van der Waals surface area contributed by atoms with Crippen molar-refractivity contribution in [2.24, 2.45) is 5.92 Å². The summed E-state index contributed by atoms with van der Waals surface area (Å²) in [5.74, 6) is 0.243. The van der Waals surface area contributed by atoms with Crippen molar-refractivity contribution in [3.05, 3.63) is 59.9 Å². The molecule has 0 aromatic heterocycles. The highest BCUT2D eigenvalue weighted by Gasteiger charge is 2.26. The number of hydrogen-bond donors (Lipinski definition) is 1. The van der Waals surface area contributed by atoms with Gasteiger partial charge in [0.05, 0.1) is 6.04 Å². The van der Waals surface area contributed by atoms with Crippen LogP contribution in [0.2, 0.25) is 0 Å². The number of benzene rings is 2. The number of hydrogen-bond acceptors (Lipinski definition) is 4. The van der Waals surface area contributed by atoms with Crippen molar-refractivity contribution in [1.82, 2.24) is 10.2 Å². The monoisotopic (exact) mass is 426 g/mol. The van der Waals surface area contributed by atoms with Gasteiger partial charge in [-0.3, -0.25) is 9.69 Å². The molecule has 1 unspecified atom stereocenters. The van der Waals surface area contributed by atoms with Crippen LogP contribution in [0.25, 0.3) is 0 Å². The van der Waals surface area contributed by atoms with E-state index in [1.165, 1.54) is 17.7 Å². The lowest BCUT2D eigenvalue weighted by Gasteiger charge is -2.40. The van der Waals surface area contributed by atoms with E-state index in [9.17, 15) is 9.18 Å². The third kappa shape index (κ3) is 6.44. The molecule has 1 aliphatic heterocycles. The molecule has 1 aliphatic rings. The lowest BCUT2D eigenvalue weighted by molar-refractivity contribution is -0.122. The van der Waals surface area contributed by atoms with E-state index in [4.69, 9.17) is 0 Å². The average molecular weight is 427 g/mol. The maximum absolute atomic E-state index is 13.3. The number of nitrogens with one attached hydrogen (secondary N) is 1. The van der Waals surface area contributed by atoms with Crippen LogP contribution in [-0.2, 0) is 4.79 Å². The minimum absolute atomic E-state index is 0.106. The van der Waals surface area contributed by atoms with E-state index in [1.54, 1.807) is 0 Å². The molecule has 5 nitrogen and oxygen atoms in total. The number of anilines is 2. The number of piperazine rings is 1. The van der Waals surface area contributed by atoms with Crippen LogP contribution < -0.4 is 15.1 Å². The molecule has 0 saturated carbocycles. The van der Waals surface area contributed by atoms with E-state index in [1.807, 2.05) is 26.2 Å². The van der Waals surface area contributed by atoms with Crippen molar-refractivity contribution in [2.75, 3.05) is 56.6 Å². The lowest BCUT2D eigenvalue weighted by atomic mass is 10.0. The van der Waals surface area contributed by atoms with E-state index >= 15 is 0 Å². The van der Waals surface area contributed by atoms with Crippen LogP contribution in [0.3, 0.4) is 0 Å². The molecule has 1 amide bonds. The van der Waals surface area contributed by atoms with Gasteiger partial charge in [0.2, 0.25) is 5.91 Å². The molecule has 0 spiro atoms. The van der Waals surface area contributed by atoms with Crippen molar-refractivity contribution in [3.8, 4) is 0 Å². The second kappa shape index (κ2) is 10.6. The molecule has 1 saturated heterocycles. The average Bonchev–Trinajstić information content (AvgIpc) is 2.75. The summed E-state index contributed by atoms with van der Waals surface area (Å²) < 4.78 is 13.3. The second-order valence-corrected chi connectivity index (χ2v) is 8.90. The molecular weight excluding hydrogens is 391 g/mol. The summed E-state index contributed by atoms with van der Waals surface area (Å²) in [6.45, 7) is 8.24. The minimum atomic E-state index is -0.208. The third-order valence-electron chi connectivity index (χ3n) is 5.83. The second-order valence-electron chi connectivity index (χ2n) is 8.90. The van der Waals surface area contributed by atoms with Crippen molar-refractivity contribution >= 4 is 17.3 Å². The highest BCUT2D eigenvalue weighted by molar-refractivity contribution is 5.76. The van der Waals surface area contributed by atoms with Gasteiger partial charge in [0, 0.05) is 64.6 Å². The van der Waals surface area contributed by atoms with Crippen LogP contribution in [0, 0.1) is 11.7 Å². The number of rotatable bonds is 8. The summed E-state index contributed by atoms with van der Waals surface area (Å²) in [7, 11) is 4.07. The molecule has 0 aliphatic carbocycles. The van der Waals surface area contributed by atoms with Gasteiger partial charge in [-0.05, 0) is 47.9 Å². The van der Waals surface area contributed by atoms with Gasteiger partial charge in [0.15, 0.2) is 0 Å². The Kier molecular flexibility index (Phi) is 7.91. The van der Waals surface area contributed by atoms with Gasteiger partial charge in [0.1, 0.15) is 5.82 Å². The van der Waals surface area contributed by atoms with Gasteiger partial charge >= 0.3 is 0 Å². The van der Waals surface area contributed by atoms with E-state index < -0.39 is 0 Å². The van der Waals surface area contributed by atoms with E-state index in [0.717, 1.165) is 37.6 Å². The first kappa shape index (κ1) is 23.1. The van der Waals surface area contributed by atoms with Crippen molar-refractivity contribution in [3.63, 3.8) is 0 Å². The number of carbonyl (C=O) groups is 1. The van der Waals surface area contributed by atoms with Crippen LogP contribution in [0.15, 0.2) is 48.5 Å². The van der Waals surface area contributed by atoms with Crippen LogP contribution in [0.5, 0.6) is 0 Å². The molecule has 31 heavy (non-hydrogen) atoms. The number of carbonyl (C=O) groups excluding carboxylic acids is 1. The Balaban J connectivity index is 1.70. The summed E-state index contributed by atoms with van der Waals surface area (Å²) >= 11 is 0. The minimum Gasteiger partial charge on any atom is -0.378 e. The van der Waals surface area contributed by atoms with Gasteiger partial charge < -0.3 is 15.1 Å². The van der Waals surface area contributed by atoms with Gasteiger partial charge in [0.25, 0.3) is 0 Å². The predicted molar refractivity (Wildman–Crippen MR) is 126 cm³/mol. The van der Waals surface area contributed by atoms with Gasteiger partial charge in [-0.2, -0.15) is 0 Å². The molecule has 6 heteroatoms. The Hall–Kier alpha value is -2.60. The SMILES string of the molecule is CC(C)CC(=O)NCC(c1ccc(N(C)C)cc1)N1CCN(c2ccc(F)cc2)CC1. The Morgan fingerprint density at radius 2 is 1.61 bits per heavy atom. The summed E-state index contributed by atoms with van der Waals surface area (Å²) in [5.41, 5.74) is 3.43. The molecule has 3 rings (SSSR count). The standard InChI is InChI=1S/C25H35FN4O/c1-19(2)17-25(31)27-18-24(20-5-9-22(10-6-20)28(3)4)30-15-13-29(14-16-30)23-11-7-21(26)8-12-23/h5-12,19,24H,13-18H2,1-4H3,(H,27,31).